The number of hydrazine groups is 1. The normalized spacial score (nSPS) is 12.4. The number of hydrogen-bond donors (Lipinski definition) is 2. The molecule has 0 aliphatic carbocycles. The van der Waals surface area contributed by atoms with Crippen LogP contribution in [0, 0.1) is 11.6 Å². The molecule has 100 valence electrons. The summed E-state index contributed by atoms with van der Waals surface area (Å²) >= 11 is 0. The molecule has 1 aromatic carbocycles. The smallest absolute Gasteiger partial charge is 0.162 e. The van der Waals surface area contributed by atoms with Gasteiger partial charge >= 0.3 is 0 Å². The van der Waals surface area contributed by atoms with Crippen molar-refractivity contribution in [1.29, 1.82) is 0 Å². The fourth-order valence-electron chi connectivity index (χ4n) is 1.96. The molecule has 1 heterocycles. The number of hydrogen-bond acceptors (Lipinski definition) is 3. The first kappa shape index (κ1) is 13.6. The molecule has 2 aromatic rings. The molecule has 1 atom stereocenters. The van der Waals surface area contributed by atoms with Gasteiger partial charge in [0.2, 0.25) is 0 Å². The summed E-state index contributed by atoms with van der Waals surface area (Å²) in [6.45, 7) is 0. The zero-order chi connectivity index (χ0) is 13.7. The number of nitrogens with two attached hydrogens (primary N) is 1. The van der Waals surface area contributed by atoms with Crippen molar-refractivity contribution in [2.24, 2.45) is 5.84 Å². The second kappa shape index (κ2) is 6.36. The molecular formula is C14H15F2N3. The first-order chi connectivity index (χ1) is 9.20. The molecule has 2 rings (SSSR count). The Labute approximate surface area is 110 Å². The van der Waals surface area contributed by atoms with Crippen molar-refractivity contribution in [1.82, 2.24) is 10.4 Å². The molecule has 0 aliphatic heterocycles. The highest BCUT2D eigenvalue weighted by molar-refractivity contribution is 5.21. The van der Waals surface area contributed by atoms with E-state index in [1.807, 2.05) is 12.1 Å². The van der Waals surface area contributed by atoms with Gasteiger partial charge in [0.15, 0.2) is 11.6 Å². The van der Waals surface area contributed by atoms with E-state index >= 15 is 0 Å². The highest BCUT2D eigenvalue weighted by Crippen LogP contribution is 2.14. The van der Waals surface area contributed by atoms with Gasteiger partial charge in [0.25, 0.3) is 0 Å². The van der Waals surface area contributed by atoms with Crippen LogP contribution in [0.3, 0.4) is 0 Å². The summed E-state index contributed by atoms with van der Waals surface area (Å²) in [5, 5.41) is 0. The predicted molar refractivity (Wildman–Crippen MR) is 69.1 cm³/mol. The van der Waals surface area contributed by atoms with Crippen molar-refractivity contribution in [3.05, 3.63) is 65.5 Å². The topological polar surface area (TPSA) is 50.9 Å². The Morgan fingerprint density at radius 2 is 1.84 bits per heavy atom. The number of aromatic nitrogens is 1. The van der Waals surface area contributed by atoms with Crippen LogP contribution in [0.25, 0.3) is 0 Å². The monoisotopic (exact) mass is 263 g/mol. The average Bonchev–Trinajstić information content (AvgIpc) is 2.44. The van der Waals surface area contributed by atoms with Gasteiger partial charge in [-0.15, -0.1) is 0 Å². The van der Waals surface area contributed by atoms with E-state index in [1.165, 1.54) is 6.07 Å². The summed E-state index contributed by atoms with van der Waals surface area (Å²) in [5.74, 6) is 3.83. The van der Waals surface area contributed by atoms with Crippen molar-refractivity contribution in [2.75, 3.05) is 0 Å². The second-order valence-corrected chi connectivity index (χ2v) is 4.34. The molecule has 3 nitrogen and oxygen atoms in total. The molecule has 0 fully saturated rings. The van der Waals surface area contributed by atoms with Crippen molar-refractivity contribution in [3.8, 4) is 0 Å². The van der Waals surface area contributed by atoms with Crippen LogP contribution in [0.1, 0.15) is 11.1 Å². The number of halogens is 2. The van der Waals surface area contributed by atoms with E-state index < -0.39 is 11.6 Å². The van der Waals surface area contributed by atoms with Crippen LogP contribution < -0.4 is 11.3 Å². The average molecular weight is 263 g/mol. The summed E-state index contributed by atoms with van der Waals surface area (Å²) in [4.78, 5) is 3.93. The van der Waals surface area contributed by atoms with Crippen LogP contribution in [0.5, 0.6) is 0 Å². The Morgan fingerprint density at radius 3 is 2.53 bits per heavy atom. The lowest BCUT2D eigenvalue weighted by molar-refractivity contribution is 0.474. The maximum absolute atomic E-state index is 13.6. The summed E-state index contributed by atoms with van der Waals surface area (Å²) in [7, 11) is 0. The van der Waals surface area contributed by atoms with Crippen LogP contribution in [0.15, 0.2) is 42.7 Å². The molecule has 0 saturated heterocycles. The van der Waals surface area contributed by atoms with Gasteiger partial charge < -0.3 is 0 Å². The number of pyridine rings is 1. The van der Waals surface area contributed by atoms with Gasteiger partial charge in [0.1, 0.15) is 0 Å². The van der Waals surface area contributed by atoms with Crippen molar-refractivity contribution in [3.63, 3.8) is 0 Å². The number of rotatable bonds is 5. The first-order valence-electron chi connectivity index (χ1n) is 5.98. The molecule has 0 saturated carbocycles. The predicted octanol–water partition coefficient (Wildman–Crippen LogP) is 1.98. The van der Waals surface area contributed by atoms with Crippen molar-refractivity contribution >= 4 is 0 Å². The second-order valence-electron chi connectivity index (χ2n) is 4.34. The third-order valence-electron chi connectivity index (χ3n) is 2.97. The van der Waals surface area contributed by atoms with E-state index in [2.05, 4.69) is 10.4 Å². The fourth-order valence-corrected chi connectivity index (χ4v) is 1.96. The molecule has 1 unspecified atom stereocenters. The third-order valence-corrected chi connectivity index (χ3v) is 2.97. The van der Waals surface area contributed by atoms with Gasteiger partial charge in [0.05, 0.1) is 0 Å². The van der Waals surface area contributed by atoms with Crippen LogP contribution in [-0.2, 0) is 12.8 Å². The Morgan fingerprint density at radius 1 is 1.11 bits per heavy atom. The molecule has 0 amide bonds. The Hall–Kier alpha value is -1.85. The summed E-state index contributed by atoms with van der Waals surface area (Å²) in [6, 6.07) is 7.73. The third kappa shape index (κ3) is 3.56. The molecule has 0 spiro atoms. The van der Waals surface area contributed by atoms with Crippen LogP contribution in [-0.4, -0.2) is 11.0 Å². The van der Waals surface area contributed by atoms with E-state index in [-0.39, 0.29) is 6.04 Å². The minimum Gasteiger partial charge on any atom is -0.271 e. The summed E-state index contributed by atoms with van der Waals surface area (Å²) < 4.78 is 26.7. The van der Waals surface area contributed by atoms with Crippen molar-refractivity contribution < 1.29 is 8.78 Å². The minimum atomic E-state index is -0.836. The first-order valence-corrected chi connectivity index (χ1v) is 5.98. The molecule has 5 heteroatoms. The van der Waals surface area contributed by atoms with Gasteiger partial charge in [-0.2, -0.15) is 0 Å². The van der Waals surface area contributed by atoms with E-state index in [9.17, 15) is 8.78 Å². The van der Waals surface area contributed by atoms with Gasteiger partial charge in [-0.1, -0.05) is 12.1 Å². The number of nitrogens with zero attached hydrogens (tertiary/aromatic N) is 1. The van der Waals surface area contributed by atoms with E-state index in [4.69, 9.17) is 5.84 Å². The highest BCUT2D eigenvalue weighted by atomic mass is 19.2. The van der Waals surface area contributed by atoms with Crippen LogP contribution in [0.2, 0.25) is 0 Å². The maximum Gasteiger partial charge on any atom is 0.162 e. The van der Waals surface area contributed by atoms with Crippen molar-refractivity contribution in [2.45, 2.75) is 18.9 Å². The largest absolute Gasteiger partial charge is 0.271 e. The summed E-state index contributed by atoms with van der Waals surface area (Å²) in [6.07, 6.45) is 4.31. The molecule has 0 bridgehead atoms. The summed E-state index contributed by atoms with van der Waals surface area (Å²) in [5.41, 5.74) is 3.99. The Kier molecular flexibility index (Phi) is 4.54. The molecular weight excluding hydrogens is 248 g/mol. The van der Waals surface area contributed by atoms with Gasteiger partial charge in [-0.25, -0.2) is 8.78 Å². The molecule has 0 radical (unpaired) electrons. The number of benzene rings is 1. The lowest BCUT2D eigenvalue weighted by Crippen LogP contribution is -2.38. The van der Waals surface area contributed by atoms with E-state index in [0.29, 0.717) is 18.4 Å². The Balaban J connectivity index is 2.09. The zero-order valence-electron chi connectivity index (χ0n) is 10.3. The van der Waals surface area contributed by atoms with Crippen LogP contribution in [0.4, 0.5) is 8.78 Å². The van der Waals surface area contributed by atoms with E-state index in [0.717, 1.165) is 11.6 Å². The van der Waals surface area contributed by atoms with Gasteiger partial charge in [-0.05, 0) is 42.2 Å². The maximum atomic E-state index is 13.6. The lowest BCUT2D eigenvalue weighted by Gasteiger charge is -2.16. The molecule has 3 N–H and O–H groups in total. The minimum absolute atomic E-state index is 0.168. The zero-order valence-corrected chi connectivity index (χ0v) is 10.3. The van der Waals surface area contributed by atoms with Gasteiger partial charge in [0, 0.05) is 18.4 Å². The Bertz CT molecular complexity index is 531. The number of nitrogens with one attached hydrogen (secondary N) is 1. The lowest BCUT2D eigenvalue weighted by atomic mass is 9.99. The van der Waals surface area contributed by atoms with Gasteiger partial charge in [-0.3, -0.25) is 16.3 Å². The SMILES string of the molecule is NNC(Cc1ccncc1)Cc1cccc(F)c1F. The molecule has 1 aromatic heterocycles. The highest BCUT2D eigenvalue weighted by Gasteiger charge is 2.14. The molecule has 19 heavy (non-hydrogen) atoms. The standard InChI is InChI=1S/C14H15F2N3/c15-13-3-1-2-11(14(13)16)9-12(19-17)8-10-4-6-18-7-5-10/h1-7,12,19H,8-9,17H2. The van der Waals surface area contributed by atoms with E-state index in [1.54, 1.807) is 18.5 Å². The fraction of sp³-hybridized carbons (Fsp3) is 0.214. The van der Waals surface area contributed by atoms with Crippen LogP contribution >= 0.6 is 0 Å². The quantitative estimate of drug-likeness (QED) is 0.640. The molecule has 0 aliphatic rings.